The van der Waals surface area contributed by atoms with Gasteiger partial charge in [0, 0.05) is 17.0 Å². The third kappa shape index (κ3) is 3.15. The molecular weight excluding hydrogens is 362 g/mol. The van der Waals surface area contributed by atoms with Crippen LogP contribution in [0.4, 0.5) is 0 Å². The van der Waals surface area contributed by atoms with Gasteiger partial charge in [0.1, 0.15) is 0 Å². The number of nitrogens with zero attached hydrogens (tertiary/aromatic N) is 1. The van der Waals surface area contributed by atoms with Crippen molar-refractivity contribution in [2.75, 3.05) is 28.4 Å². The lowest BCUT2D eigenvalue weighted by atomic mass is 9.93. The molecule has 0 fully saturated rings. The van der Waals surface area contributed by atoms with Crippen LogP contribution in [0.3, 0.4) is 0 Å². The summed E-state index contributed by atoms with van der Waals surface area (Å²) >= 11 is 0. The quantitative estimate of drug-likeness (QED) is 0.690. The third-order valence-electron chi connectivity index (χ3n) is 4.56. The molecule has 7 heteroatoms. The molecule has 0 spiro atoms. The monoisotopic (exact) mass is 383 g/mol. The number of methoxy groups -OCH3 is 4. The number of aromatic nitrogens is 1. The molecule has 146 valence electrons. The van der Waals surface area contributed by atoms with Crippen molar-refractivity contribution in [3.8, 4) is 34.1 Å². The molecule has 0 aliphatic heterocycles. The average molecular weight is 383 g/mol. The molecule has 0 aliphatic carbocycles. The fourth-order valence-electron chi connectivity index (χ4n) is 3.27. The molecule has 0 saturated carbocycles. The number of carbonyl (C=O) groups is 1. The van der Waals surface area contributed by atoms with Crippen molar-refractivity contribution in [1.29, 1.82) is 0 Å². The zero-order valence-electron chi connectivity index (χ0n) is 16.3. The highest BCUT2D eigenvalue weighted by Crippen LogP contribution is 2.41. The molecule has 1 aromatic heterocycles. The van der Waals surface area contributed by atoms with E-state index in [4.69, 9.17) is 18.9 Å². The topological polar surface area (TPSA) is 87.1 Å². The van der Waals surface area contributed by atoms with E-state index in [9.17, 15) is 9.90 Å². The van der Waals surface area contributed by atoms with Gasteiger partial charge >= 0.3 is 5.97 Å². The molecule has 0 unspecified atom stereocenters. The molecule has 2 aromatic carbocycles. The minimum absolute atomic E-state index is 0.118. The van der Waals surface area contributed by atoms with Gasteiger partial charge in [0.25, 0.3) is 0 Å². The van der Waals surface area contributed by atoms with E-state index in [2.05, 4.69) is 4.98 Å². The zero-order valence-corrected chi connectivity index (χ0v) is 16.3. The van der Waals surface area contributed by atoms with Gasteiger partial charge in [-0.2, -0.15) is 0 Å². The first-order chi connectivity index (χ1) is 13.4. The first kappa shape index (κ1) is 19.3. The standard InChI is InChI=1S/C21H21NO6/c1-11-19(21(23)24)20(12-6-7-15(25-2)16(8-12)26-3)13-9-17(27-4)18(28-5)10-14(13)22-11/h6-10H,1-5H3,(H,23,24). The number of carboxylic acids is 1. The highest BCUT2D eigenvalue weighted by atomic mass is 16.5. The number of rotatable bonds is 6. The maximum absolute atomic E-state index is 12.1. The number of hydrogen-bond donors (Lipinski definition) is 1. The summed E-state index contributed by atoms with van der Waals surface area (Å²) in [5.74, 6) is 0.991. The van der Waals surface area contributed by atoms with E-state index in [1.54, 1.807) is 44.4 Å². The molecule has 1 N–H and O–H groups in total. The molecule has 7 nitrogen and oxygen atoms in total. The Hall–Kier alpha value is -3.48. The summed E-state index contributed by atoms with van der Waals surface area (Å²) in [5, 5.41) is 10.5. The third-order valence-corrected chi connectivity index (χ3v) is 4.56. The van der Waals surface area contributed by atoms with Crippen molar-refractivity contribution in [3.05, 3.63) is 41.6 Å². The van der Waals surface area contributed by atoms with Gasteiger partial charge in [-0.15, -0.1) is 0 Å². The summed E-state index contributed by atoms with van der Waals surface area (Å²) in [6, 6.07) is 8.74. The molecule has 0 atom stereocenters. The Morgan fingerprint density at radius 3 is 2.00 bits per heavy atom. The van der Waals surface area contributed by atoms with Gasteiger partial charge in [0.15, 0.2) is 23.0 Å². The van der Waals surface area contributed by atoms with E-state index in [1.165, 1.54) is 21.3 Å². The molecule has 0 aliphatic rings. The Morgan fingerprint density at radius 2 is 1.43 bits per heavy atom. The minimum atomic E-state index is -1.06. The lowest BCUT2D eigenvalue weighted by Gasteiger charge is -2.17. The van der Waals surface area contributed by atoms with Crippen molar-refractivity contribution in [2.45, 2.75) is 6.92 Å². The second-order valence-electron chi connectivity index (χ2n) is 6.05. The molecule has 0 radical (unpaired) electrons. The molecular formula is C21H21NO6. The van der Waals surface area contributed by atoms with Crippen LogP contribution in [0, 0.1) is 6.92 Å². The van der Waals surface area contributed by atoms with Crippen LogP contribution in [-0.4, -0.2) is 44.5 Å². The van der Waals surface area contributed by atoms with Crippen LogP contribution in [0.5, 0.6) is 23.0 Å². The lowest BCUT2D eigenvalue weighted by Crippen LogP contribution is -2.06. The summed E-state index contributed by atoms with van der Waals surface area (Å²) in [5.41, 5.74) is 2.31. The Labute approximate surface area is 162 Å². The zero-order chi connectivity index (χ0) is 20.4. The number of fused-ring (bicyclic) bond motifs is 1. The van der Waals surface area contributed by atoms with Gasteiger partial charge in [-0.1, -0.05) is 6.07 Å². The maximum atomic E-state index is 12.1. The molecule has 0 bridgehead atoms. The largest absolute Gasteiger partial charge is 0.493 e. The first-order valence-corrected chi connectivity index (χ1v) is 8.47. The first-order valence-electron chi connectivity index (χ1n) is 8.47. The molecule has 3 rings (SSSR count). The number of aromatic carboxylic acids is 1. The highest BCUT2D eigenvalue weighted by molar-refractivity contribution is 6.08. The Morgan fingerprint density at radius 1 is 0.857 bits per heavy atom. The normalized spacial score (nSPS) is 10.6. The van der Waals surface area contributed by atoms with Crippen LogP contribution in [0.15, 0.2) is 30.3 Å². The lowest BCUT2D eigenvalue weighted by molar-refractivity contribution is 0.0696. The van der Waals surface area contributed by atoms with E-state index >= 15 is 0 Å². The summed E-state index contributed by atoms with van der Waals surface area (Å²) < 4.78 is 21.4. The van der Waals surface area contributed by atoms with E-state index in [0.717, 1.165) is 0 Å². The predicted molar refractivity (Wildman–Crippen MR) is 105 cm³/mol. The maximum Gasteiger partial charge on any atom is 0.338 e. The summed E-state index contributed by atoms with van der Waals surface area (Å²) in [6.45, 7) is 1.67. The van der Waals surface area contributed by atoms with E-state index < -0.39 is 5.97 Å². The minimum Gasteiger partial charge on any atom is -0.493 e. The number of aryl methyl sites for hydroxylation is 1. The van der Waals surface area contributed by atoms with E-state index in [-0.39, 0.29) is 5.56 Å². The number of ether oxygens (including phenoxy) is 4. The van der Waals surface area contributed by atoms with Gasteiger partial charge in [0.05, 0.1) is 45.2 Å². The number of carboxylic acid groups (broad SMARTS) is 1. The number of benzene rings is 2. The van der Waals surface area contributed by atoms with Gasteiger partial charge in [-0.25, -0.2) is 4.79 Å². The van der Waals surface area contributed by atoms with Crippen molar-refractivity contribution in [1.82, 2.24) is 4.98 Å². The van der Waals surface area contributed by atoms with Gasteiger partial charge in [0.2, 0.25) is 0 Å². The summed E-state index contributed by atoms with van der Waals surface area (Å²) in [4.78, 5) is 16.5. The average Bonchev–Trinajstić information content (AvgIpc) is 2.70. The molecule has 1 heterocycles. The van der Waals surface area contributed by atoms with Gasteiger partial charge in [-0.3, -0.25) is 4.98 Å². The van der Waals surface area contributed by atoms with Crippen LogP contribution >= 0.6 is 0 Å². The van der Waals surface area contributed by atoms with Crippen molar-refractivity contribution < 1.29 is 28.8 Å². The van der Waals surface area contributed by atoms with Crippen LogP contribution in [0.1, 0.15) is 16.1 Å². The second kappa shape index (κ2) is 7.64. The summed E-state index contributed by atoms with van der Waals surface area (Å²) in [6.07, 6.45) is 0. The van der Waals surface area contributed by atoms with Crippen LogP contribution < -0.4 is 18.9 Å². The van der Waals surface area contributed by atoms with Crippen LogP contribution in [-0.2, 0) is 0 Å². The van der Waals surface area contributed by atoms with Crippen LogP contribution in [0.25, 0.3) is 22.0 Å². The SMILES string of the molecule is COc1ccc(-c2c(C(=O)O)c(C)nc3cc(OC)c(OC)cc23)cc1OC. The van der Waals surface area contributed by atoms with Gasteiger partial charge < -0.3 is 24.1 Å². The van der Waals surface area contributed by atoms with E-state index in [0.29, 0.717) is 50.7 Å². The molecule has 28 heavy (non-hydrogen) atoms. The van der Waals surface area contributed by atoms with Crippen molar-refractivity contribution >= 4 is 16.9 Å². The van der Waals surface area contributed by atoms with E-state index in [1.807, 2.05) is 0 Å². The number of hydrogen-bond acceptors (Lipinski definition) is 6. The van der Waals surface area contributed by atoms with Crippen LogP contribution in [0.2, 0.25) is 0 Å². The van der Waals surface area contributed by atoms with Crippen molar-refractivity contribution in [3.63, 3.8) is 0 Å². The molecule has 3 aromatic rings. The fourth-order valence-corrected chi connectivity index (χ4v) is 3.27. The fraction of sp³-hybridized carbons (Fsp3) is 0.238. The molecule has 0 amide bonds. The second-order valence-corrected chi connectivity index (χ2v) is 6.05. The Balaban J connectivity index is 2.44. The summed E-state index contributed by atoms with van der Waals surface area (Å²) in [7, 11) is 6.14. The Kier molecular flexibility index (Phi) is 5.26. The Bertz CT molecular complexity index is 1060. The smallest absolute Gasteiger partial charge is 0.338 e. The predicted octanol–water partition coefficient (Wildman–Crippen LogP) is 3.94. The van der Waals surface area contributed by atoms with Gasteiger partial charge in [-0.05, 0) is 30.7 Å². The molecule has 0 saturated heterocycles. The van der Waals surface area contributed by atoms with Crippen molar-refractivity contribution in [2.24, 2.45) is 0 Å². The highest BCUT2D eigenvalue weighted by Gasteiger charge is 2.22. The number of pyridine rings is 1.